The minimum absolute atomic E-state index is 0.0866. The molecule has 0 aliphatic heterocycles. The molecule has 1 fully saturated rings. The maximum Gasteiger partial charge on any atom is 0.335 e. The van der Waals surface area contributed by atoms with Crippen LogP contribution in [0, 0.1) is 0 Å². The van der Waals surface area contributed by atoms with Gasteiger partial charge in [0.25, 0.3) is 0 Å². The molecule has 0 heterocycles. The zero-order valence-electron chi connectivity index (χ0n) is 7.78. The summed E-state index contributed by atoms with van der Waals surface area (Å²) in [6.45, 7) is 0. The molecule has 84 valence electrons. The predicted octanol–water partition coefficient (Wildman–Crippen LogP) is 1.30. The lowest BCUT2D eigenvalue weighted by Crippen LogP contribution is -2.41. The summed E-state index contributed by atoms with van der Waals surface area (Å²) in [4.78, 5) is 0. The van der Waals surface area contributed by atoms with E-state index in [0.717, 1.165) is 4.31 Å². The maximum absolute atomic E-state index is 12.7. The molecule has 0 saturated heterocycles. The first kappa shape index (κ1) is 11.8. The topological polar surface area (TPSA) is 57.6 Å². The summed E-state index contributed by atoms with van der Waals surface area (Å²) >= 11 is 0. The van der Waals surface area contributed by atoms with Crippen molar-refractivity contribution in [1.82, 2.24) is 4.31 Å². The highest BCUT2D eigenvalue weighted by Gasteiger charge is 2.38. The van der Waals surface area contributed by atoms with Crippen LogP contribution in [0.3, 0.4) is 0 Å². The largest absolute Gasteiger partial charge is 0.335 e. The van der Waals surface area contributed by atoms with E-state index in [1.165, 1.54) is 7.05 Å². The fraction of sp³-hybridized carbons (Fsp3) is 1.00. The average Bonchev–Trinajstić information content (AvgIpc) is 2.01. The summed E-state index contributed by atoms with van der Waals surface area (Å²) in [5, 5.41) is 0. The molecule has 0 amide bonds. The first-order valence-corrected chi connectivity index (χ1v) is 5.70. The molecule has 1 rings (SSSR count). The van der Waals surface area contributed by atoms with Crippen LogP contribution in [0.25, 0.3) is 0 Å². The van der Waals surface area contributed by atoms with Crippen molar-refractivity contribution in [2.24, 2.45) is 0 Å². The van der Waals surface area contributed by atoms with Crippen LogP contribution in [0.2, 0.25) is 0 Å². The predicted molar refractivity (Wildman–Crippen MR) is 46.5 cm³/mol. The van der Waals surface area contributed by atoms with Crippen molar-refractivity contribution in [3.8, 4) is 0 Å². The molecular weight excluding hydrogens is 216 g/mol. The molecular formula is C7H13F2NO3S. The van der Waals surface area contributed by atoms with Gasteiger partial charge in [-0.25, -0.2) is 8.78 Å². The molecule has 1 aliphatic rings. The van der Waals surface area contributed by atoms with Crippen molar-refractivity contribution in [2.45, 2.75) is 37.6 Å². The van der Waals surface area contributed by atoms with Gasteiger partial charge in [0.15, 0.2) is 0 Å². The number of halogens is 2. The molecule has 0 spiro atoms. The van der Waals surface area contributed by atoms with Crippen LogP contribution in [-0.4, -0.2) is 36.3 Å². The highest BCUT2D eigenvalue weighted by atomic mass is 32.2. The third-order valence-electron chi connectivity index (χ3n) is 2.56. The van der Waals surface area contributed by atoms with Crippen LogP contribution in [0.5, 0.6) is 0 Å². The van der Waals surface area contributed by atoms with Gasteiger partial charge in [-0.05, 0) is 12.8 Å². The quantitative estimate of drug-likeness (QED) is 0.726. The first-order valence-electron chi connectivity index (χ1n) is 4.31. The third-order valence-corrected chi connectivity index (χ3v) is 3.59. The molecule has 0 aromatic carbocycles. The molecule has 0 radical (unpaired) electrons. The fourth-order valence-electron chi connectivity index (χ4n) is 1.58. The van der Waals surface area contributed by atoms with Crippen LogP contribution in [0.15, 0.2) is 0 Å². The van der Waals surface area contributed by atoms with Gasteiger partial charge in [-0.2, -0.15) is 12.7 Å². The van der Waals surface area contributed by atoms with Gasteiger partial charge in [0.1, 0.15) is 0 Å². The summed E-state index contributed by atoms with van der Waals surface area (Å²) in [6.07, 6.45) is -0.471. The van der Waals surface area contributed by atoms with Crippen LogP contribution in [-0.2, 0) is 10.3 Å². The SMILES string of the molecule is CN(C1CCC(F)(F)CC1)S(=O)(=O)O. The van der Waals surface area contributed by atoms with Crippen LogP contribution < -0.4 is 0 Å². The Balaban J connectivity index is 2.59. The van der Waals surface area contributed by atoms with Gasteiger partial charge in [-0.3, -0.25) is 4.55 Å². The van der Waals surface area contributed by atoms with Gasteiger partial charge < -0.3 is 0 Å². The van der Waals surface area contributed by atoms with Gasteiger partial charge in [0.05, 0.1) is 0 Å². The Labute approximate surface area is 81.8 Å². The van der Waals surface area contributed by atoms with Crippen molar-refractivity contribution >= 4 is 10.3 Å². The Morgan fingerprint density at radius 1 is 1.36 bits per heavy atom. The number of rotatable bonds is 2. The normalized spacial score (nSPS) is 24.1. The van der Waals surface area contributed by atoms with Crippen molar-refractivity contribution in [2.75, 3.05) is 7.05 Å². The molecule has 0 bridgehead atoms. The summed E-state index contributed by atoms with van der Waals surface area (Å²) in [6, 6.07) is -0.510. The van der Waals surface area contributed by atoms with Crippen molar-refractivity contribution in [3.63, 3.8) is 0 Å². The van der Waals surface area contributed by atoms with E-state index in [1.54, 1.807) is 0 Å². The van der Waals surface area contributed by atoms with E-state index in [-0.39, 0.29) is 25.7 Å². The molecule has 0 aromatic rings. The van der Waals surface area contributed by atoms with Crippen molar-refractivity contribution in [3.05, 3.63) is 0 Å². The third kappa shape index (κ3) is 2.86. The second-order valence-corrected chi connectivity index (χ2v) is 5.05. The molecule has 1 N–H and O–H groups in total. The van der Waals surface area contributed by atoms with Gasteiger partial charge >= 0.3 is 10.3 Å². The van der Waals surface area contributed by atoms with Crippen LogP contribution in [0.1, 0.15) is 25.7 Å². The molecule has 4 nitrogen and oxygen atoms in total. The molecule has 1 aliphatic carbocycles. The Hall–Kier alpha value is -0.270. The zero-order valence-corrected chi connectivity index (χ0v) is 8.60. The lowest BCUT2D eigenvalue weighted by atomic mass is 9.92. The van der Waals surface area contributed by atoms with E-state index in [4.69, 9.17) is 4.55 Å². The molecule has 7 heteroatoms. The van der Waals surface area contributed by atoms with Crippen LogP contribution in [0.4, 0.5) is 8.78 Å². The zero-order chi connectivity index (χ0) is 11.0. The second kappa shape index (κ2) is 3.71. The lowest BCUT2D eigenvalue weighted by Gasteiger charge is -2.32. The summed E-state index contributed by atoms with van der Waals surface area (Å²) in [5.74, 6) is -2.68. The van der Waals surface area contributed by atoms with Gasteiger partial charge in [-0.15, -0.1) is 0 Å². The molecule has 14 heavy (non-hydrogen) atoms. The Morgan fingerprint density at radius 2 is 1.79 bits per heavy atom. The van der Waals surface area contributed by atoms with E-state index in [0.29, 0.717) is 0 Å². The summed E-state index contributed by atoms with van der Waals surface area (Å²) < 4.78 is 56.2. The minimum atomic E-state index is -4.25. The smallest absolute Gasteiger partial charge is 0.273 e. The highest BCUT2D eigenvalue weighted by Crippen LogP contribution is 2.35. The van der Waals surface area contributed by atoms with Gasteiger partial charge in [-0.1, -0.05) is 0 Å². The molecule has 0 aromatic heterocycles. The summed E-state index contributed by atoms with van der Waals surface area (Å²) in [7, 11) is -3.05. The number of hydrogen-bond acceptors (Lipinski definition) is 2. The van der Waals surface area contributed by atoms with E-state index in [1.807, 2.05) is 0 Å². The van der Waals surface area contributed by atoms with Crippen molar-refractivity contribution < 1.29 is 21.8 Å². The first-order chi connectivity index (χ1) is 6.22. The molecule has 0 atom stereocenters. The number of hydrogen-bond donors (Lipinski definition) is 1. The number of alkyl halides is 2. The van der Waals surface area contributed by atoms with Gasteiger partial charge in [0.2, 0.25) is 5.92 Å². The minimum Gasteiger partial charge on any atom is -0.273 e. The fourth-order valence-corrected chi connectivity index (χ4v) is 2.16. The van der Waals surface area contributed by atoms with E-state index < -0.39 is 22.3 Å². The van der Waals surface area contributed by atoms with E-state index in [9.17, 15) is 17.2 Å². The van der Waals surface area contributed by atoms with Gasteiger partial charge in [0, 0.05) is 25.9 Å². The van der Waals surface area contributed by atoms with Crippen molar-refractivity contribution in [1.29, 1.82) is 0 Å². The molecule has 1 saturated carbocycles. The van der Waals surface area contributed by atoms with E-state index >= 15 is 0 Å². The monoisotopic (exact) mass is 229 g/mol. The second-order valence-electron chi connectivity index (χ2n) is 3.58. The lowest BCUT2D eigenvalue weighted by molar-refractivity contribution is -0.0458. The van der Waals surface area contributed by atoms with E-state index in [2.05, 4.69) is 0 Å². The molecule has 0 unspecified atom stereocenters. The maximum atomic E-state index is 12.7. The van der Waals surface area contributed by atoms with Crippen LogP contribution >= 0.6 is 0 Å². The Kier molecular flexibility index (Phi) is 3.13. The summed E-state index contributed by atoms with van der Waals surface area (Å²) in [5.41, 5.74) is 0. The average molecular weight is 229 g/mol. The Bertz CT molecular complexity index is 294. The standard InChI is InChI=1S/C7H13F2NO3S/c1-10(14(11,12)13)6-2-4-7(8,9)5-3-6/h6H,2-5H2,1H3,(H,11,12,13). The highest BCUT2D eigenvalue weighted by molar-refractivity contribution is 7.83. The number of nitrogens with zero attached hydrogens (tertiary/aromatic N) is 1. The Morgan fingerprint density at radius 3 is 2.14 bits per heavy atom.